The first kappa shape index (κ1) is 24.4. The minimum Gasteiger partial charge on any atom is -0.352 e. The lowest BCUT2D eigenvalue weighted by atomic mass is 9.77. The van der Waals surface area contributed by atoms with Crippen molar-refractivity contribution in [3.8, 4) is 0 Å². The second kappa shape index (κ2) is 9.84. The predicted molar refractivity (Wildman–Crippen MR) is 124 cm³/mol. The summed E-state index contributed by atoms with van der Waals surface area (Å²) in [5, 5.41) is 6.71. The molecule has 0 aromatic rings. The van der Waals surface area contributed by atoms with Crippen LogP contribution >= 0.6 is 0 Å². The van der Waals surface area contributed by atoms with E-state index in [2.05, 4.69) is 22.5 Å². The predicted octanol–water partition coefficient (Wildman–Crippen LogP) is 1.88. The molecule has 4 aliphatic rings. The molecule has 0 radical (unpaired) electrons. The summed E-state index contributed by atoms with van der Waals surface area (Å²) in [4.78, 5) is 15.4. The maximum atomic E-state index is 14.4. The summed E-state index contributed by atoms with van der Waals surface area (Å²) in [5.41, 5.74) is 0. The van der Waals surface area contributed by atoms with Gasteiger partial charge in [0.15, 0.2) is 0 Å². The van der Waals surface area contributed by atoms with Crippen LogP contribution in [0.3, 0.4) is 0 Å². The van der Waals surface area contributed by atoms with E-state index in [4.69, 9.17) is 0 Å². The molecule has 2 aliphatic heterocycles. The number of carbonyl (C=O) groups is 1. The fourth-order valence-corrected chi connectivity index (χ4v) is 8.01. The molecule has 0 spiro atoms. The number of nitrogens with one attached hydrogen (secondary N) is 2. The standard InChI is InChI=1S/C23H41FN4O3S/c1-4-28(32(3,30)31)18-10-11-27(14-18)17-7-5-6-16(12-17)25-23(29)21-13-19-20(24)9-8-15(2)22(19)26-21/h15-22,26H,4-14H2,1-3H3,(H,25,29)/t15?,16-,17-,18-,19?,20?,21?,22?/m1/s1. The highest BCUT2D eigenvalue weighted by Gasteiger charge is 2.46. The van der Waals surface area contributed by atoms with Crippen molar-refractivity contribution in [2.24, 2.45) is 11.8 Å². The highest BCUT2D eigenvalue weighted by molar-refractivity contribution is 7.88. The van der Waals surface area contributed by atoms with E-state index in [0.29, 0.717) is 31.3 Å². The zero-order valence-corrected chi connectivity index (χ0v) is 20.6. The van der Waals surface area contributed by atoms with E-state index in [1.165, 1.54) is 6.26 Å². The number of sulfonamides is 1. The zero-order valence-electron chi connectivity index (χ0n) is 19.8. The van der Waals surface area contributed by atoms with Crippen LogP contribution in [-0.4, -0.2) is 85.8 Å². The smallest absolute Gasteiger partial charge is 0.237 e. The fraction of sp³-hybridized carbons (Fsp3) is 0.957. The van der Waals surface area contributed by atoms with Gasteiger partial charge in [-0.25, -0.2) is 12.8 Å². The summed E-state index contributed by atoms with van der Waals surface area (Å²) in [6.07, 6.45) is 7.52. The third-order valence-electron chi connectivity index (χ3n) is 8.50. The van der Waals surface area contributed by atoms with Crippen LogP contribution in [0.25, 0.3) is 0 Å². The van der Waals surface area contributed by atoms with E-state index in [-0.39, 0.29) is 36.0 Å². The van der Waals surface area contributed by atoms with Gasteiger partial charge in [-0.1, -0.05) is 13.8 Å². The monoisotopic (exact) mass is 472 g/mol. The quantitative estimate of drug-likeness (QED) is 0.617. The minimum atomic E-state index is -3.19. The van der Waals surface area contributed by atoms with Gasteiger partial charge in [-0.3, -0.25) is 9.69 Å². The van der Waals surface area contributed by atoms with Gasteiger partial charge in [0.05, 0.1) is 12.3 Å². The highest BCUT2D eigenvalue weighted by atomic mass is 32.2. The molecule has 2 saturated carbocycles. The van der Waals surface area contributed by atoms with Crippen LogP contribution in [0.5, 0.6) is 0 Å². The highest BCUT2D eigenvalue weighted by Crippen LogP contribution is 2.38. The topological polar surface area (TPSA) is 81.8 Å². The molecule has 2 aliphatic carbocycles. The lowest BCUT2D eigenvalue weighted by Crippen LogP contribution is -2.51. The summed E-state index contributed by atoms with van der Waals surface area (Å²) >= 11 is 0. The number of halogens is 1. The van der Waals surface area contributed by atoms with E-state index >= 15 is 0 Å². The molecule has 9 heteroatoms. The number of carbonyl (C=O) groups excluding carboxylic acids is 1. The molecule has 4 rings (SSSR count). The van der Waals surface area contributed by atoms with Crippen LogP contribution in [0.1, 0.15) is 65.2 Å². The van der Waals surface area contributed by atoms with E-state index < -0.39 is 16.2 Å². The van der Waals surface area contributed by atoms with Crippen molar-refractivity contribution >= 4 is 15.9 Å². The maximum Gasteiger partial charge on any atom is 0.237 e. The van der Waals surface area contributed by atoms with Gasteiger partial charge >= 0.3 is 0 Å². The molecular formula is C23H41FN4O3S. The molecule has 0 bridgehead atoms. The van der Waals surface area contributed by atoms with Gasteiger partial charge in [-0.05, 0) is 57.3 Å². The second-order valence-corrected chi connectivity index (χ2v) is 12.6. The van der Waals surface area contributed by atoms with Gasteiger partial charge in [0.25, 0.3) is 0 Å². The zero-order chi connectivity index (χ0) is 23.0. The summed E-state index contributed by atoms with van der Waals surface area (Å²) in [6, 6.07) is 0.401. The van der Waals surface area contributed by atoms with Gasteiger partial charge in [-0.15, -0.1) is 0 Å². The summed E-state index contributed by atoms with van der Waals surface area (Å²) in [7, 11) is -3.19. The molecule has 32 heavy (non-hydrogen) atoms. The van der Waals surface area contributed by atoms with E-state index in [9.17, 15) is 17.6 Å². The normalized spacial score (nSPS) is 41.0. The van der Waals surface area contributed by atoms with Crippen LogP contribution < -0.4 is 10.6 Å². The number of likely N-dealkylation sites (tertiary alicyclic amines) is 1. The number of nitrogens with zero attached hydrogens (tertiary/aromatic N) is 2. The molecule has 8 atom stereocenters. The van der Waals surface area contributed by atoms with E-state index in [1.807, 2.05) is 6.92 Å². The second-order valence-electron chi connectivity index (χ2n) is 10.6. The van der Waals surface area contributed by atoms with Crippen molar-refractivity contribution in [1.29, 1.82) is 0 Å². The fourth-order valence-electron chi connectivity index (χ4n) is 6.83. The first-order valence-corrected chi connectivity index (χ1v) is 14.4. The summed E-state index contributed by atoms with van der Waals surface area (Å²) in [5.74, 6) is 0.408. The van der Waals surface area contributed by atoms with E-state index in [1.54, 1.807) is 4.31 Å². The average molecular weight is 473 g/mol. The molecule has 1 amide bonds. The Balaban J connectivity index is 1.30. The van der Waals surface area contributed by atoms with Crippen LogP contribution in [-0.2, 0) is 14.8 Å². The molecule has 184 valence electrons. The van der Waals surface area contributed by atoms with Crippen molar-refractivity contribution in [1.82, 2.24) is 19.8 Å². The van der Waals surface area contributed by atoms with Crippen LogP contribution in [0.2, 0.25) is 0 Å². The van der Waals surface area contributed by atoms with Gasteiger partial charge in [0.2, 0.25) is 15.9 Å². The summed E-state index contributed by atoms with van der Waals surface area (Å²) in [6.45, 7) is 6.25. The van der Waals surface area contributed by atoms with Crippen LogP contribution in [0.4, 0.5) is 4.39 Å². The maximum absolute atomic E-state index is 14.4. The van der Waals surface area contributed by atoms with E-state index in [0.717, 1.165) is 51.6 Å². The van der Waals surface area contributed by atoms with Crippen molar-refractivity contribution in [3.05, 3.63) is 0 Å². The number of hydrogen-bond acceptors (Lipinski definition) is 5. The van der Waals surface area contributed by atoms with Crippen molar-refractivity contribution in [2.75, 3.05) is 25.9 Å². The van der Waals surface area contributed by atoms with Gasteiger partial charge in [-0.2, -0.15) is 4.31 Å². The van der Waals surface area contributed by atoms with Gasteiger partial charge in [0.1, 0.15) is 6.17 Å². The Morgan fingerprint density at radius 2 is 1.97 bits per heavy atom. The number of rotatable bonds is 6. The number of fused-ring (bicyclic) bond motifs is 1. The number of alkyl halides is 1. The molecular weight excluding hydrogens is 431 g/mol. The summed E-state index contributed by atoms with van der Waals surface area (Å²) < 4.78 is 40.2. The molecule has 7 nitrogen and oxygen atoms in total. The van der Waals surface area contributed by atoms with Crippen molar-refractivity contribution in [3.63, 3.8) is 0 Å². The minimum absolute atomic E-state index is 0.0259. The Labute approximate surface area is 192 Å². The molecule has 2 heterocycles. The first-order chi connectivity index (χ1) is 15.2. The molecule has 2 saturated heterocycles. The lowest BCUT2D eigenvalue weighted by Gasteiger charge is -2.36. The third-order valence-corrected chi connectivity index (χ3v) is 9.91. The molecule has 0 aromatic heterocycles. The lowest BCUT2D eigenvalue weighted by molar-refractivity contribution is -0.124. The Hall–Kier alpha value is -0.770. The Morgan fingerprint density at radius 3 is 2.66 bits per heavy atom. The Morgan fingerprint density at radius 1 is 1.19 bits per heavy atom. The molecule has 0 aromatic carbocycles. The van der Waals surface area contributed by atoms with Crippen molar-refractivity contribution < 1.29 is 17.6 Å². The van der Waals surface area contributed by atoms with Crippen LogP contribution in [0.15, 0.2) is 0 Å². The molecule has 2 N–H and O–H groups in total. The Bertz CT molecular complexity index is 763. The Kier molecular flexibility index (Phi) is 7.49. The number of hydrogen-bond donors (Lipinski definition) is 2. The molecule has 5 unspecified atom stereocenters. The van der Waals surface area contributed by atoms with Crippen molar-refractivity contribution in [2.45, 2.75) is 102 Å². The molecule has 4 fully saturated rings. The SMILES string of the molecule is CCN([C@@H]1CCN([C@@H]2CCC[C@@H](NC(=O)C3CC4C(F)CCC(C)C4N3)C2)C1)S(C)(=O)=O. The van der Waals surface area contributed by atoms with Gasteiger partial charge < -0.3 is 10.6 Å². The first-order valence-electron chi connectivity index (χ1n) is 12.6. The average Bonchev–Trinajstić information content (AvgIpc) is 3.39. The van der Waals surface area contributed by atoms with Gasteiger partial charge in [0, 0.05) is 49.7 Å². The largest absolute Gasteiger partial charge is 0.352 e. The number of amides is 1. The third kappa shape index (κ3) is 5.15. The van der Waals surface area contributed by atoms with Crippen LogP contribution in [0, 0.1) is 11.8 Å². The number of likely N-dealkylation sites (N-methyl/N-ethyl adjacent to an activating group) is 1.